The van der Waals surface area contributed by atoms with E-state index in [9.17, 15) is 27.9 Å². The van der Waals surface area contributed by atoms with E-state index in [-0.39, 0.29) is 35.8 Å². The molecule has 0 radical (unpaired) electrons. The molecule has 0 saturated carbocycles. The van der Waals surface area contributed by atoms with Gasteiger partial charge in [0.15, 0.2) is 11.5 Å². The maximum absolute atomic E-state index is 13.1. The van der Waals surface area contributed by atoms with Gasteiger partial charge in [-0.3, -0.25) is 9.59 Å². The fraction of sp³-hybridized carbons (Fsp3) is 0.364. The van der Waals surface area contributed by atoms with Crippen LogP contribution in [0.3, 0.4) is 0 Å². The van der Waals surface area contributed by atoms with Crippen molar-refractivity contribution in [1.82, 2.24) is 4.90 Å². The molecule has 1 atom stereocenters. The number of alkyl halides is 3. The van der Waals surface area contributed by atoms with Gasteiger partial charge in [-0.2, -0.15) is 13.2 Å². The second-order valence-corrected chi connectivity index (χ2v) is 7.77. The Labute approximate surface area is 171 Å². The maximum Gasteiger partial charge on any atom is 0.416 e. The number of benzene rings is 1. The van der Waals surface area contributed by atoms with Crippen LogP contribution >= 0.6 is 0 Å². The first-order valence-electron chi connectivity index (χ1n) is 9.48. The van der Waals surface area contributed by atoms with Gasteiger partial charge in [0.2, 0.25) is 0 Å². The Balaban J connectivity index is 2.01. The lowest BCUT2D eigenvalue weighted by Gasteiger charge is -2.25. The topological polar surface area (TPSA) is 70.8 Å². The zero-order chi connectivity index (χ0) is 22.2. The van der Waals surface area contributed by atoms with Gasteiger partial charge in [-0.1, -0.05) is 26.0 Å². The molecule has 0 saturated heterocycles. The molecule has 0 spiro atoms. The highest BCUT2D eigenvalue weighted by atomic mass is 19.4. The highest BCUT2D eigenvalue weighted by Gasteiger charge is 2.45. The highest BCUT2D eigenvalue weighted by molar-refractivity contribution is 6.08. The molecule has 8 heteroatoms. The summed E-state index contributed by atoms with van der Waals surface area (Å²) in [6, 6.07) is 6.84. The molecular weight excluding hydrogens is 399 g/mol. The molecule has 30 heavy (non-hydrogen) atoms. The van der Waals surface area contributed by atoms with Gasteiger partial charge >= 0.3 is 6.18 Å². The summed E-state index contributed by atoms with van der Waals surface area (Å²) in [6.45, 7) is 5.13. The summed E-state index contributed by atoms with van der Waals surface area (Å²) in [5, 5.41) is 10.5. The van der Waals surface area contributed by atoms with Crippen LogP contribution in [0.4, 0.5) is 13.2 Å². The summed E-state index contributed by atoms with van der Waals surface area (Å²) in [7, 11) is 0. The molecule has 1 aliphatic heterocycles. The van der Waals surface area contributed by atoms with Gasteiger partial charge in [0.1, 0.15) is 17.6 Å². The van der Waals surface area contributed by atoms with E-state index in [2.05, 4.69) is 0 Å². The van der Waals surface area contributed by atoms with Gasteiger partial charge in [0, 0.05) is 13.0 Å². The highest BCUT2D eigenvalue weighted by Crippen LogP contribution is 2.40. The molecule has 1 N–H and O–H groups in total. The van der Waals surface area contributed by atoms with Crippen LogP contribution in [0.2, 0.25) is 0 Å². The van der Waals surface area contributed by atoms with Gasteiger partial charge in [-0.15, -0.1) is 0 Å². The van der Waals surface area contributed by atoms with Crippen LogP contribution in [0.25, 0.3) is 0 Å². The molecule has 0 bridgehead atoms. The van der Waals surface area contributed by atoms with E-state index in [0.717, 1.165) is 17.0 Å². The molecule has 1 amide bonds. The number of aryl methyl sites for hydroxylation is 1. The molecule has 160 valence electrons. The van der Waals surface area contributed by atoms with Crippen molar-refractivity contribution in [2.45, 2.75) is 46.0 Å². The fourth-order valence-corrected chi connectivity index (χ4v) is 3.52. The second-order valence-electron chi connectivity index (χ2n) is 7.77. The Morgan fingerprint density at radius 2 is 1.93 bits per heavy atom. The summed E-state index contributed by atoms with van der Waals surface area (Å²) in [4.78, 5) is 26.7. The second kappa shape index (κ2) is 8.01. The monoisotopic (exact) mass is 421 g/mol. The summed E-state index contributed by atoms with van der Waals surface area (Å²) >= 11 is 0. The van der Waals surface area contributed by atoms with Crippen molar-refractivity contribution < 1.29 is 32.3 Å². The van der Waals surface area contributed by atoms with E-state index in [0.29, 0.717) is 5.76 Å². The lowest BCUT2D eigenvalue weighted by atomic mass is 9.95. The number of halogens is 3. The Kier molecular flexibility index (Phi) is 5.78. The molecule has 1 aliphatic rings. The molecule has 0 fully saturated rings. The van der Waals surface area contributed by atoms with Crippen molar-refractivity contribution in [3.8, 4) is 0 Å². The number of carbonyl (C=O) groups is 2. The Hall–Kier alpha value is -3.03. The average Bonchev–Trinajstić information content (AvgIpc) is 3.17. The number of rotatable bonds is 6. The number of aliphatic hydroxyl groups excluding tert-OH is 1. The molecule has 1 aromatic carbocycles. The van der Waals surface area contributed by atoms with Gasteiger partial charge in [0.05, 0.1) is 11.1 Å². The van der Waals surface area contributed by atoms with E-state index >= 15 is 0 Å². The number of nitrogens with zero attached hydrogens (tertiary/aromatic N) is 1. The molecular formula is C22H22F3NO4. The number of ketones is 1. The van der Waals surface area contributed by atoms with E-state index in [1.807, 2.05) is 13.8 Å². The fourth-order valence-electron chi connectivity index (χ4n) is 3.52. The van der Waals surface area contributed by atoms with Crippen molar-refractivity contribution in [3.63, 3.8) is 0 Å². The smallest absolute Gasteiger partial charge is 0.416 e. The minimum absolute atomic E-state index is 0.00981. The number of amides is 1. The van der Waals surface area contributed by atoms with Crippen LogP contribution in [0.5, 0.6) is 0 Å². The number of carbonyl (C=O) groups excluding carboxylic acids is 2. The summed E-state index contributed by atoms with van der Waals surface area (Å²) < 4.78 is 44.8. The quantitative estimate of drug-likeness (QED) is 0.703. The number of furan rings is 1. The van der Waals surface area contributed by atoms with E-state index in [1.54, 1.807) is 19.1 Å². The zero-order valence-corrected chi connectivity index (χ0v) is 16.8. The van der Waals surface area contributed by atoms with Crippen molar-refractivity contribution in [3.05, 3.63) is 70.4 Å². The minimum atomic E-state index is -4.53. The third-order valence-corrected chi connectivity index (χ3v) is 4.84. The third kappa shape index (κ3) is 4.27. The number of hydrogen-bond acceptors (Lipinski definition) is 4. The van der Waals surface area contributed by atoms with E-state index in [1.165, 1.54) is 12.1 Å². The lowest BCUT2D eigenvalue weighted by Crippen LogP contribution is -2.30. The van der Waals surface area contributed by atoms with Crippen molar-refractivity contribution >= 4 is 11.7 Å². The standard InChI is InChI=1S/C22H22F3NO4/c1-12(2)9-16(27)18-19(17-8-7-13(3)30-17)26(21(29)20(18)28)11-14-5-4-6-15(10-14)22(23,24)25/h4-8,10,12,19,28H,9,11H2,1-3H3. The summed E-state index contributed by atoms with van der Waals surface area (Å²) in [6.07, 6.45) is -4.42. The zero-order valence-electron chi connectivity index (χ0n) is 16.8. The van der Waals surface area contributed by atoms with Crippen LogP contribution < -0.4 is 0 Å². The van der Waals surface area contributed by atoms with Gasteiger partial charge in [0.25, 0.3) is 5.91 Å². The first-order valence-corrected chi connectivity index (χ1v) is 9.48. The molecule has 2 aromatic rings. The first kappa shape index (κ1) is 21.7. The molecule has 3 rings (SSSR count). The largest absolute Gasteiger partial charge is 0.503 e. The van der Waals surface area contributed by atoms with Gasteiger partial charge < -0.3 is 14.4 Å². The molecule has 2 heterocycles. The van der Waals surface area contributed by atoms with Crippen LogP contribution in [-0.4, -0.2) is 21.7 Å². The Morgan fingerprint density at radius 1 is 1.23 bits per heavy atom. The number of aliphatic hydroxyl groups is 1. The SMILES string of the molecule is Cc1ccc(C2C(C(=O)CC(C)C)=C(O)C(=O)N2Cc2cccc(C(F)(F)F)c2)o1. The van der Waals surface area contributed by atoms with Gasteiger partial charge in [-0.05, 0) is 42.7 Å². The number of hydrogen-bond donors (Lipinski definition) is 1. The first-order chi connectivity index (χ1) is 14.0. The average molecular weight is 421 g/mol. The van der Waals surface area contributed by atoms with Crippen molar-refractivity contribution in [2.75, 3.05) is 0 Å². The van der Waals surface area contributed by atoms with Gasteiger partial charge in [-0.25, -0.2) is 0 Å². The molecule has 1 unspecified atom stereocenters. The van der Waals surface area contributed by atoms with Crippen LogP contribution in [0, 0.1) is 12.8 Å². The molecule has 0 aliphatic carbocycles. The predicted molar refractivity (Wildman–Crippen MR) is 102 cm³/mol. The van der Waals surface area contributed by atoms with E-state index < -0.39 is 35.2 Å². The van der Waals surface area contributed by atoms with Crippen LogP contribution in [-0.2, 0) is 22.3 Å². The minimum Gasteiger partial charge on any atom is -0.503 e. The Bertz CT molecular complexity index is 1000. The van der Waals surface area contributed by atoms with E-state index in [4.69, 9.17) is 4.42 Å². The molecule has 5 nitrogen and oxygen atoms in total. The summed E-state index contributed by atoms with van der Waals surface area (Å²) in [5.41, 5.74) is -0.711. The van der Waals surface area contributed by atoms with Crippen molar-refractivity contribution in [2.24, 2.45) is 5.92 Å². The summed E-state index contributed by atoms with van der Waals surface area (Å²) in [5.74, 6) is -1.11. The van der Waals surface area contributed by atoms with Crippen LogP contribution in [0.15, 0.2) is 52.1 Å². The van der Waals surface area contributed by atoms with Crippen molar-refractivity contribution in [1.29, 1.82) is 0 Å². The lowest BCUT2D eigenvalue weighted by molar-refractivity contribution is -0.137. The Morgan fingerprint density at radius 3 is 2.50 bits per heavy atom. The third-order valence-electron chi connectivity index (χ3n) is 4.84. The maximum atomic E-state index is 13.1. The van der Waals surface area contributed by atoms with Crippen LogP contribution in [0.1, 0.15) is 49.0 Å². The molecule has 1 aromatic heterocycles. The normalized spacial score (nSPS) is 17.4. The predicted octanol–water partition coefficient (Wildman–Crippen LogP) is 5.12. The number of Topliss-reactive ketones (excluding diaryl/α,β-unsaturated/α-hetero) is 1.